The number of hydrogen-bond acceptors (Lipinski definition) is 4. The highest BCUT2D eigenvalue weighted by Crippen LogP contribution is 2.30. The van der Waals surface area contributed by atoms with Gasteiger partial charge in [-0.1, -0.05) is 0 Å². The molecule has 0 spiro atoms. The van der Waals surface area contributed by atoms with Gasteiger partial charge in [0.05, 0.1) is 5.39 Å². The number of nitrogens with two attached hydrogens (primary N) is 1. The van der Waals surface area contributed by atoms with Gasteiger partial charge in [0, 0.05) is 43.3 Å². The zero-order valence-corrected chi connectivity index (χ0v) is 12.3. The summed E-state index contributed by atoms with van der Waals surface area (Å²) in [5, 5.41) is 1.17. The molecule has 0 aliphatic rings. The Labute approximate surface area is 128 Å². The third-order valence-corrected chi connectivity index (χ3v) is 3.73. The van der Waals surface area contributed by atoms with E-state index in [1.807, 2.05) is 24.1 Å². The van der Waals surface area contributed by atoms with Crippen LogP contribution in [0, 0.1) is 5.82 Å². The van der Waals surface area contributed by atoms with E-state index in [4.69, 9.17) is 5.73 Å². The van der Waals surface area contributed by atoms with E-state index in [0.717, 1.165) is 13.0 Å². The van der Waals surface area contributed by atoms with Crippen LogP contribution in [0.4, 0.5) is 15.9 Å². The molecule has 2 N–H and O–H groups in total. The molecule has 2 heterocycles. The molecule has 22 heavy (non-hydrogen) atoms. The first-order chi connectivity index (χ1) is 10.7. The molecule has 5 heteroatoms. The molecule has 0 amide bonds. The number of fused-ring (bicyclic) bond motifs is 1. The van der Waals surface area contributed by atoms with Gasteiger partial charge in [-0.2, -0.15) is 0 Å². The number of likely N-dealkylation sites (N-methyl/N-ethyl adjacent to an activating group) is 1. The highest BCUT2D eigenvalue weighted by atomic mass is 19.1. The summed E-state index contributed by atoms with van der Waals surface area (Å²) < 4.78 is 14.0. The molecule has 3 rings (SSSR count). The van der Waals surface area contributed by atoms with Gasteiger partial charge in [-0.05, 0) is 42.3 Å². The topological polar surface area (TPSA) is 55.0 Å². The quantitative estimate of drug-likeness (QED) is 0.752. The SMILES string of the molecule is CN(CCc1ccncc1)c1nccc2c(F)ccc(N)c12. The molecule has 0 saturated carbocycles. The van der Waals surface area contributed by atoms with Gasteiger partial charge >= 0.3 is 0 Å². The van der Waals surface area contributed by atoms with Crippen molar-refractivity contribution < 1.29 is 4.39 Å². The second-order valence-corrected chi connectivity index (χ2v) is 5.22. The number of nitrogens with zero attached hydrogens (tertiary/aromatic N) is 3. The van der Waals surface area contributed by atoms with E-state index in [1.54, 1.807) is 30.7 Å². The molecule has 0 fully saturated rings. The third kappa shape index (κ3) is 2.70. The van der Waals surface area contributed by atoms with Crippen molar-refractivity contribution in [2.45, 2.75) is 6.42 Å². The lowest BCUT2D eigenvalue weighted by molar-refractivity contribution is 0.640. The molecule has 4 nitrogen and oxygen atoms in total. The van der Waals surface area contributed by atoms with E-state index in [2.05, 4.69) is 9.97 Å². The molecule has 112 valence electrons. The molecule has 0 aliphatic heterocycles. The predicted molar refractivity (Wildman–Crippen MR) is 87.3 cm³/mol. The van der Waals surface area contributed by atoms with E-state index >= 15 is 0 Å². The van der Waals surface area contributed by atoms with Gasteiger partial charge in [0.15, 0.2) is 0 Å². The zero-order chi connectivity index (χ0) is 15.5. The van der Waals surface area contributed by atoms with Crippen molar-refractivity contribution in [2.75, 3.05) is 24.2 Å². The number of nitrogen functional groups attached to an aromatic ring is 1. The Morgan fingerprint density at radius 1 is 1.09 bits per heavy atom. The van der Waals surface area contributed by atoms with Crippen molar-refractivity contribution >= 4 is 22.3 Å². The predicted octanol–water partition coefficient (Wildman–Crippen LogP) is 3.03. The van der Waals surface area contributed by atoms with Gasteiger partial charge in [-0.25, -0.2) is 9.37 Å². The fourth-order valence-corrected chi connectivity index (χ4v) is 2.51. The van der Waals surface area contributed by atoms with Gasteiger partial charge in [-0.3, -0.25) is 4.98 Å². The summed E-state index contributed by atoms with van der Waals surface area (Å²) in [4.78, 5) is 10.4. The molecular weight excluding hydrogens is 279 g/mol. The van der Waals surface area contributed by atoms with Crippen LogP contribution in [0.15, 0.2) is 48.9 Å². The first kappa shape index (κ1) is 14.3. The fraction of sp³-hybridized carbons (Fsp3) is 0.176. The van der Waals surface area contributed by atoms with Gasteiger partial charge < -0.3 is 10.6 Å². The van der Waals surface area contributed by atoms with Crippen molar-refractivity contribution in [3.8, 4) is 0 Å². The standard InChI is InChI=1S/C17H17FN4/c1-22(11-7-12-4-8-20-9-5-12)17-16-13(6-10-21-17)14(18)2-3-15(16)19/h2-6,8-10H,7,11,19H2,1H3. The second kappa shape index (κ2) is 5.97. The Morgan fingerprint density at radius 2 is 1.86 bits per heavy atom. The van der Waals surface area contributed by atoms with Crippen LogP contribution in [-0.2, 0) is 6.42 Å². The fourth-order valence-electron chi connectivity index (χ4n) is 2.51. The van der Waals surface area contributed by atoms with Crippen LogP contribution in [0.2, 0.25) is 0 Å². The number of aromatic nitrogens is 2. The lowest BCUT2D eigenvalue weighted by Crippen LogP contribution is -2.22. The summed E-state index contributed by atoms with van der Waals surface area (Å²) in [7, 11) is 1.94. The summed E-state index contributed by atoms with van der Waals surface area (Å²) in [6.45, 7) is 0.756. The maximum atomic E-state index is 14.0. The molecule has 2 aromatic heterocycles. The van der Waals surface area contributed by atoms with E-state index < -0.39 is 0 Å². The number of pyridine rings is 2. The Kier molecular flexibility index (Phi) is 3.87. The summed E-state index contributed by atoms with van der Waals surface area (Å²) in [6.07, 6.45) is 6.02. The second-order valence-electron chi connectivity index (χ2n) is 5.22. The number of hydrogen-bond donors (Lipinski definition) is 1. The largest absolute Gasteiger partial charge is 0.398 e. The normalized spacial score (nSPS) is 10.8. The highest BCUT2D eigenvalue weighted by molar-refractivity contribution is 6.01. The number of benzene rings is 1. The van der Waals surface area contributed by atoms with Crippen LogP contribution in [-0.4, -0.2) is 23.6 Å². The first-order valence-corrected chi connectivity index (χ1v) is 7.09. The zero-order valence-electron chi connectivity index (χ0n) is 12.3. The van der Waals surface area contributed by atoms with Crippen LogP contribution in [0.5, 0.6) is 0 Å². The van der Waals surface area contributed by atoms with Crippen molar-refractivity contribution in [2.24, 2.45) is 0 Å². The highest BCUT2D eigenvalue weighted by Gasteiger charge is 2.13. The monoisotopic (exact) mass is 296 g/mol. The lowest BCUT2D eigenvalue weighted by Gasteiger charge is -2.20. The summed E-state index contributed by atoms with van der Waals surface area (Å²) >= 11 is 0. The minimum absolute atomic E-state index is 0.282. The Morgan fingerprint density at radius 3 is 2.64 bits per heavy atom. The first-order valence-electron chi connectivity index (χ1n) is 7.09. The molecule has 3 aromatic rings. The van der Waals surface area contributed by atoms with Crippen molar-refractivity contribution in [1.82, 2.24) is 9.97 Å². The van der Waals surface area contributed by atoms with Crippen molar-refractivity contribution in [3.63, 3.8) is 0 Å². The average molecular weight is 296 g/mol. The van der Waals surface area contributed by atoms with Gasteiger partial charge in [0.25, 0.3) is 0 Å². The summed E-state index contributed by atoms with van der Waals surface area (Å²) in [5.74, 6) is 0.416. The smallest absolute Gasteiger partial charge is 0.138 e. The van der Waals surface area contributed by atoms with Crippen molar-refractivity contribution in [1.29, 1.82) is 0 Å². The van der Waals surface area contributed by atoms with Crippen LogP contribution < -0.4 is 10.6 Å². The Balaban J connectivity index is 1.91. The average Bonchev–Trinajstić information content (AvgIpc) is 2.56. The molecule has 0 unspecified atom stereocenters. The lowest BCUT2D eigenvalue weighted by atomic mass is 10.1. The molecule has 0 bridgehead atoms. The molecule has 0 radical (unpaired) electrons. The summed E-state index contributed by atoms with van der Waals surface area (Å²) in [5.41, 5.74) is 7.76. The number of halogens is 1. The molecule has 0 saturated heterocycles. The van der Waals surface area contributed by atoms with Gasteiger partial charge in [0.1, 0.15) is 11.6 Å². The van der Waals surface area contributed by atoms with Crippen LogP contribution in [0.3, 0.4) is 0 Å². The van der Waals surface area contributed by atoms with E-state index in [0.29, 0.717) is 22.3 Å². The molecular formula is C17H17FN4. The minimum Gasteiger partial charge on any atom is -0.398 e. The number of rotatable bonds is 4. The number of anilines is 2. The van der Waals surface area contributed by atoms with Crippen molar-refractivity contribution in [3.05, 3.63) is 60.3 Å². The Bertz CT molecular complexity index is 789. The third-order valence-electron chi connectivity index (χ3n) is 3.73. The van der Waals surface area contributed by atoms with E-state index in [-0.39, 0.29) is 5.82 Å². The van der Waals surface area contributed by atoms with Gasteiger partial charge in [0.2, 0.25) is 0 Å². The maximum absolute atomic E-state index is 14.0. The van der Waals surface area contributed by atoms with Gasteiger partial charge in [-0.15, -0.1) is 0 Å². The minimum atomic E-state index is -0.282. The summed E-state index contributed by atoms with van der Waals surface area (Å²) in [6, 6.07) is 8.59. The van der Waals surface area contributed by atoms with Crippen LogP contribution >= 0.6 is 0 Å². The maximum Gasteiger partial charge on any atom is 0.138 e. The van der Waals surface area contributed by atoms with E-state index in [1.165, 1.54) is 11.6 Å². The Hall–Kier alpha value is -2.69. The molecule has 0 aliphatic carbocycles. The van der Waals surface area contributed by atoms with Crippen LogP contribution in [0.25, 0.3) is 10.8 Å². The van der Waals surface area contributed by atoms with Crippen LogP contribution in [0.1, 0.15) is 5.56 Å². The van der Waals surface area contributed by atoms with E-state index in [9.17, 15) is 4.39 Å². The molecule has 0 atom stereocenters. The molecule has 1 aromatic carbocycles.